The van der Waals surface area contributed by atoms with E-state index >= 15 is 0 Å². The lowest BCUT2D eigenvalue weighted by atomic mass is 10.1. The van der Waals surface area contributed by atoms with E-state index in [0.717, 1.165) is 16.5 Å². The number of H-pyrrole nitrogens is 1. The zero-order chi connectivity index (χ0) is 13.9. The molecular weight excluding hydrogens is 274 g/mol. The van der Waals surface area contributed by atoms with Gasteiger partial charge in [0, 0.05) is 17.0 Å². The summed E-state index contributed by atoms with van der Waals surface area (Å²) in [6, 6.07) is 13.0. The van der Waals surface area contributed by atoms with Gasteiger partial charge in [0.05, 0.1) is 17.3 Å². The molecule has 20 heavy (non-hydrogen) atoms. The number of halogens is 1. The highest BCUT2D eigenvalue weighted by Crippen LogP contribution is 2.17. The predicted molar refractivity (Wildman–Crippen MR) is 78.7 cm³/mol. The van der Waals surface area contributed by atoms with E-state index in [9.17, 15) is 4.79 Å². The maximum atomic E-state index is 12.2. The SMILES string of the molecule is O=C(NCc1ccccc1Cl)c1cccc2cn[nH]c12. The van der Waals surface area contributed by atoms with E-state index in [1.165, 1.54) is 0 Å². The van der Waals surface area contributed by atoms with Gasteiger partial charge in [0.25, 0.3) is 5.91 Å². The highest BCUT2D eigenvalue weighted by atomic mass is 35.5. The number of rotatable bonds is 3. The van der Waals surface area contributed by atoms with Crippen LogP contribution in [-0.4, -0.2) is 16.1 Å². The van der Waals surface area contributed by atoms with Crippen LogP contribution in [0.5, 0.6) is 0 Å². The molecule has 0 spiro atoms. The molecule has 100 valence electrons. The van der Waals surface area contributed by atoms with Crippen molar-refractivity contribution in [1.29, 1.82) is 0 Å². The molecule has 0 unspecified atom stereocenters. The Labute approximate surface area is 120 Å². The molecule has 2 aromatic carbocycles. The van der Waals surface area contributed by atoms with E-state index in [4.69, 9.17) is 11.6 Å². The zero-order valence-corrected chi connectivity index (χ0v) is 11.3. The highest BCUT2D eigenvalue weighted by molar-refractivity contribution is 6.31. The number of fused-ring (bicyclic) bond motifs is 1. The van der Waals surface area contributed by atoms with Gasteiger partial charge in [-0.1, -0.05) is 41.9 Å². The van der Waals surface area contributed by atoms with Crippen molar-refractivity contribution >= 4 is 28.4 Å². The molecule has 1 heterocycles. The largest absolute Gasteiger partial charge is 0.348 e. The summed E-state index contributed by atoms with van der Waals surface area (Å²) in [5.41, 5.74) is 2.20. The number of aromatic amines is 1. The zero-order valence-electron chi connectivity index (χ0n) is 10.6. The normalized spacial score (nSPS) is 10.7. The summed E-state index contributed by atoms with van der Waals surface area (Å²) < 4.78 is 0. The first-order chi connectivity index (χ1) is 9.75. The molecule has 3 aromatic rings. The number of benzene rings is 2. The third-order valence-electron chi connectivity index (χ3n) is 3.12. The van der Waals surface area contributed by atoms with Gasteiger partial charge in [-0.05, 0) is 17.7 Å². The standard InChI is InChI=1S/C15H12ClN3O/c16-13-7-2-1-4-10(13)8-17-15(20)12-6-3-5-11-9-18-19-14(11)12/h1-7,9H,8H2,(H,17,20)(H,18,19). The number of hydrogen-bond donors (Lipinski definition) is 2. The maximum absolute atomic E-state index is 12.2. The molecular formula is C15H12ClN3O. The number of nitrogens with one attached hydrogen (secondary N) is 2. The van der Waals surface area contributed by atoms with Crippen LogP contribution in [0.1, 0.15) is 15.9 Å². The van der Waals surface area contributed by atoms with Gasteiger partial charge in [-0.25, -0.2) is 0 Å². The van der Waals surface area contributed by atoms with Crippen LogP contribution < -0.4 is 5.32 Å². The van der Waals surface area contributed by atoms with Crippen LogP contribution in [0.4, 0.5) is 0 Å². The number of hydrogen-bond acceptors (Lipinski definition) is 2. The Balaban J connectivity index is 1.80. The smallest absolute Gasteiger partial charge is 0.253 e. The van der Waals surface area contributed by atoms with Crippen LogP contribution in [0.25, 0.3) is 10.9 Å². The molecule has 3 rings (SSSR count). The molecule has 1 aromatic heterocycles. The molecule has 0 saturated carbocycles. The van der Waals surface area contributed by atoms with E-state index in [1.54, 1.807) is 18.3 Å². The second-order valence-corrected chi connectivity index (χ2v) is 4.82. The maximum Gasteiger partial charge on any atom is 0.253 e. The van der Waals surface area contributed by atoms with E-state index < -0.39 is 0 Å². The van der Waals surface area contributed by atoms with Gasteiger partial charge < -0.3 is 5.32 Å². The number of carbonyl (C=O) groups excluding carboxylic acids is 1. The lowest BCUT2D eigenvalue weighted by Crippen LogP contribution is -2.23. The molecule has 1 amide bonds. The van der Waals surface area contributed by atoms with E-state index in [0.29, 0.717) is 17.1 Å². The summed E-state index contributed by atoms with van der Waals surface area (Å²) in [6.07, 6.45) is 1.69. The molecule has 0 aliphatic rings. The van der Waals surface area contributed by atoms with Crippen molar-refractivity contribution in [3.63, 3.8) is 0 Å². The summed E-state index contributed by atoms with van der Waals surface area (Å²) >= 11 is 6.06. The predicted octanol–water partition coefficient (Wildman–Crippen LogP) is 3.15. The van der Waals surface area contributed by atoms with Gasteiger partial charge in [-0.3, -0.25) is 9.89 Å². The van der Waals surface area contributed by atoms with Gasteiger partial charge >= 0.3 is 0 Å². The fourth-order valence-corrected chi connectivity index (χ4v) is 2.27. The summed E-state index contributed by atoms with van der Waals surface area (Å²) in [5.74, 6) is -0.153. The van der Waals surface area contributed by atoms with Crippen LogP contribution in [0, 0.1) is 0 Å². The van der Waals surface area contributed by atoms with E-state index in [2.05, 4.69) is 15.5 Å². The summed E-state index contributed by atoms with van der Waals surface area (Å²) in [4.78, 5) is 12.2. The Morgan fingerprint density at radius 3 is 2.90 bits per heavy atom. The first kappa shape index (κ1) is 12.7. The monoisotopic (exact) mass is 285 g/mol. The lowest BCUT2D eigenvalue weighted by Gasteiger charge is -2.07. The Kier molecular flexibility index (Phi) is 3.39. The van der Waals surface area contributed by atoms with Crippen molar-refractivity contribution < 1.29 is 4.79 Å². The number of nitrogens with zero attached hydrogens (tertiary/aromatic N) is 1. The van der Waals surface area contributed by atoms with Crippen molar-refractivity contribution in [2.24, 2.45) is 0 Å². The van der Waals surface area contributed by atoms with Gasteiger partial charge in [-0.15, -0.1) is 0 Å². The first-order valence-electron chi connectivity index (χ1n) is 6.19. The number of amides is 1. The Hall–Kier alpha value is -2.33. The molecule has 0 atom stereocenters. The van der Waals surface area contributed by atoms with Gasteiger partial charge in [0.1, 0.15) is 0 Å². The van der Waals surface area contributed by atoms with Crippen molar-refractivity contribution in [1.82, 2.24) is 15.5 Å². The molecule has 0 saturated heterocycles. The van der Waals surface area contributed by atoms with Crippen LogP contribution in [0.2, 0.25) is 5.02 Å². The summed E-state index contributed by atoms with van der Waals surface area (Å²) in [5, 5.41) is 11.2. The Morgan fingerprint density at radius 2 is 2.05 bits per heavy atom. The Morgan fingerprint density at radius 1 is 1.20 bits per heavy atom. The molecule has 4 nitrogen and oxygen atoms in total. The average Bonchev–Trinajstić information content (AvgIpc) is 2.94. The number of aromatic nitrogens is 2. The number of para-hydroxylation sites is 1. The minimum Gasteiger partial charge on any atom is -0.348 e. The lowest BCUT2D eigenvalue weighted by molar-refractivity contribution is 0.0952. The minimum absolute atomic E-state index is 0.153. The van der Waals surface area contributed by atoms with Gasteiger partial charge in [-0.2, -0.15) is 5.10 Å². The van der Waals surface area contributed by atoms with Crippen molar-refractivity contribution in [3.8, 4) is 0 Å². The van der Waals surface area contributed by atoms with Crippen LogP contribution in [0.15, 0.2) is 48.7 Å². The quantitative estimate of drug-likeness (QED) is 0.777. The Bertz CT molecular complexity index is 766. The average molecular weight is 286 g/mol. The first-order valence-corrected chi connectivity index (χ1v) is 6.57. The molecule has 0 aliphatic heterocycles. The second-order valence-electron chi connectivity index (χ2n) is 4.41. The molecule has 0 fully saturated rings. The third-order valence-corrected chi connectivity index (χ3v) is 3.49. The summed E-state index contributed by atoms with van der Waals surface area (Å²) in [6.45, 7) is 0.392. The van der Waals surface area contributed by atoms with Crippen LogP contribution >= 0.6 is 11.6 Å². The van der Waals surface area contributed by atoms with Gasteiger partial charge in [0.15, 0.2) is 0 Å². The van der Waals surface area contributed by atoms with Crippen molar-refractivity contribution in [2.45, 2.75) is 6.54 Å². The van der Waals surface area contributed by atoms with Crippen molar-refractivity contribution in [2.75, 3.05) is 0 Å². The summed E-state index contributed by atoms with van der Waals surface area (Å²) in [7, 11) is 0. The number of carbonyl (C=O) groups is 1. The van der Waals surface area contributed by atoms with Gasteiger partial charge in [0.2, 0.25) is 0 Å². The second kappa shape index (κ2) is 5.35. The van der Waals surface area contributed by atoms with Crippen LogP contribution in [0.3, 0.4) is 0 Å². The fourth-order valence-electron chi connectivity index (χ4n) is 2.07. The highest BCUT2D eigenvalue weighted by Gasteiger charge is 2.11. The fraction of sp³-hybridized carbons (Fsp3) is 0.0667. The molecule has 0 bridgehead atoms. The molecule has 2 N–H and O–H groups in total. The topological polar surface area (TPSA) is 57.8 Å². The minimum atomic E-state index is -0.153. The molecule has 0 aliphatic carbocycles. The molecule has 5 heteroatoms. The molecule has 0 radical (unpaired) electrons. The van der Waals surface area contributed by atoms with E-state index in [1.807, 2.05) is 30.3 Å². The van der Waals surface area contributed by atoms with Crippen LogP contribution in [-0.2, 0) is 6.54 Å². The van der Waals surface area contributed by atoms with E-state index in [-0.39, 0.29) is 5.91 Å². The third kappa shape index (κ3) is 2.38. The van der Waals surface area contributed by atoms with Crippen molar-refractivity contribution in [3.05, 3.63) is 64.8 Å².